The summed E-state index contributed by atoms with van der Waals surface area (Å²) in [6.45, 7) is 0. The summed E-state index contributed by atoms with van der Waals surface area (Å²) in [6, 6.07) is 4.48. The number of benzene rings is 1. The third-order valence-electron chi connectivity index (χ3n) is 5.88. The van der Waals surface area contributed by atoms with Crippen molar-refractivity contribution in [2.24, 2.45) is 28.3 Å². The Bertz CT molecular complexity index is 617. The molecular weight excluding hydrogens is 315 g/mol. The van der Waals surface area contributed by atoms with Gasteiger partial charge in [-0.1, -0.05) is 17.7 Å². The SMILES string of the molecule is O=C(N/N=C\c1c(F)cccc1Cl)C12CC3CC(CC(C3)C1)C2. The van der Waals surface area contributed by atoms with Gasteiger partial charge in [-0.3, -0.25) is 4.79 Å². The number of hydrogen-bond donors (Lipinski definition) is 1. The van der Waals surface area contributed by atoms with Crippen molar-refractivity contribution < 1.29 is 9.18 Å². The van der Waals surface area contributed by atoms with Crippen LogP contribution in [0, 0.1) is 29.0 Å². The van der Waals surface area contributed by atoms with Gasteiger partial charge in [0.25, 0.3) is 0 Å². The van der Waals surface area contributed by atoms with Gasteiger partial charge in [0.05, 0.1) is 16.7 Å². The van der Waals surface area contributed by atoms with Crippen LogP contribution < -0.4 is 5.43 Å². The molecule has 0 aromatic heterocycles. The zero-order valence-electron chi connectivity index (χ0n) is 12.9. The summed E-state index contributed by atoms with van der Waals surface area (Å²) >= 11 is 5.96. The molecule has 5 rings (SSSR count). The van der Waals surface area contributed by atoms with Crippen molar-refractivity contribution >= 4 is 23.7 Å². The maximum Gasteiger partial charge on any atom is 0.246 e. The molecule has 0 spiro atoms. The van der Waals surface area contributed by atoms with Crippen molar-refractivity contribution in [1.29, 1.82) is 0 Å². The number of amides is 1. The summed E-state index contributed by atoms with van der Waals surface area (Å²) in [6.07, 6.45) is 8.14. The van der Waals surface area contributed by atoms with Gasteiger partial charge in [0.2, 0.25) is 5.91 Å². The fourth-order valence-electron chi connectivity index (χ4n) is 5.30. The molecule has 3 nitrogen and oxygen atoms in total. The van der Waals surface area contributed by atoms with Gasteiger partial charge in [-0.15, -0.1) is 0 Å². The lowest BCUT2D eigenvalue weighted by Crippen LogP contribution is -2.52. The minimum atomic E-state index is -0.440. The van der Waals surface area contributed by atoms with E-state index in [9.17, 15) is 9.18 Å². The molecule has 122 valence electrons. The number of nitrogens with one attached hydrogen (secondary N) is 1. The average Bonchev–Trinajstić information content (AvgIpc) is 2.48. The molecule has 1 N–H and O–H groups in total. The Labute approximate surface area is 140 Å². The predicted octanol–water partition coefficient (Wildman–Crippen LogP) is 4.15. The lowest BCUT2D eigenvalue weighted by molar-refractivity contribution is -0.146. The number of rotatable bonds is 3. The van der Waals surface area contributed by atoms with Gasteiger partial charge in [0, 0.05) is 5.56 Å². The van der Waals surface area contributed by atoms with E-state index in [2.05, 4.69) is 10.5 Å². The van der Waals surface area contributed by atoms with Gasteiger partial charge in [-0.2, -0.15) is 5.10 Å². The maximum atomic E-state index is 13.7. The Hall–Kier alpha value is -1.42. The molecule has 1 aromatic carbocycles. The molecule has 4 saturated carbocycles. The van der Waals surface area contributed by atoms with E-state index in [4.69, 9.17) is 11.6 Å². The van der Waals surface area contributed by atoms with E-state index in [1.807, 2.05) is 0 Å². The zero-order chi connectivity index (χ0) is 16.0. The molecule has 4 aliphatic rings. The number of hydrogen-bond acceptors (Lipinski definition) is 2. The van der Waals surface area contributed by atoms with Crippen molar-refractivity contribution in [2.45, 2.75) is 38.5 Å². The lowest BCUT2D eigenvalue weighted by Gasteiger charge is -2.55. The first-order valence-corrected chi connectivity index (χ1v) is 8.71. The van der Waals surface area contributed by atoms with Crippen LogP contribution in [-0.2, 0) is 4.79 Å². The second kappa shape index (κ2) is 5.59. The Balaban J connectivity index is 1.47. The largest absolute Gasteiger partial charge is 0.273 e. The van der Waals surface area contributed by atoms with E-state index in [1.54, 1.807) is 12.1 Å². The third kappa shape index (κ3) is 2.67. The second-order valence-electron chi connectivity index (χ2n) is 7.53. The molecule has 0 atom stereocenters. The standard InChI is InChI=1S/C18H20ClFN2O/c19-15-2-1-3-16(20)14(15)10-21-22-17(23)18-7-11-4-12(8-18)6-13(5-11)9-18/h1-3,10-13H,4-9H2,(H,22,23)/b21-10-. The average molecular weight is 335 g/mol. The molecule has 1 aromatic rings. The van der Waals surface area contributed by atoms with Crippen LogP contribution in [0.2, 0.25) is 5.02 Å². The van der Waals surface area contributed by atoms with E-state index >= 15 is 0 Å². The van der Waals surface area contributed by atoms with Crippen molar-refractivity contribution in [3.05, 3.63) is 34.6 Å². The normalized spacial score (nSPS) is 35.0. The Morgan fingerprint density at radius 2 is 1.83 bits per heavy atom. The highest BCUT2D eigenvalue weighted by atomic mass is 35.5. The van der Waals surface area contributed by atoms with Crippen molar-refractivity contribution in [3.8, 4) is 0 Å². The van der Waals surface area contributed by atoms with Gasteiger partial charge in [-0.05, 0) is 68.4 Å². The van der Waals surface area contributed by atoms with Crippen molar-refractivity contribution in [3.63, 3.8) is 0 Å². The van der Waals surface area contributed by atoms with Crippen LogP contribution in [0.5, 0.6) is 0 Å². The molecular formula is C18H20ClFN2O. The smallest absolute Gasteiger partial charge is 0.246 e. The number of hydrazone groups is 1. The van der Waals surface area contributed by atoms with Crippen molar-refractivity contribution in [2.75, 3.05) is 0 Å². The van der Waals surface area contributed by atoms with Gasteiger partial charge in [-0.25, -0.2) is 9.82 Å². The number of carbonyl (C=O) groups excluding carboxylic acids is 1. The van der Waals surface area contributed by atoms with Crippen LogP contribution in [0.15, 0.2) is 23.3 Å². The van der Waals surface area contributed by atoms with Gasteiger partial charge in [0.15, 0.2) is 0 Å². The molecule has 4 bridgehead atoms. The first-order valence-electron chi connectivity index (χ1n) is 8.33. The Morgan fingerprint density at radius 1 is 1.22 bits per heavy atom. The summed E-state index contributed by atoms with van der Waals surface area (Å²) in [4.78, 5) is 12.7. The van der Waals surface area contributed by atoms with Crippen LogP contribution in [0.4, 0.5) is 4.39 Å². The van der Waals surface area contributed by atoms with Crippen LogP contribution in [0.3, 0.4) is 0 Å². The van der Waals surface area contributed by atoms with E-state index in [-0.39, 0.29) is 21.9 Å². The molecule has 0 radical (unpaired) electrons. The summed E-state index contributed by atoms with van der Waals surface area (Å²) < 4.78 is 13.7. The van der Waals surface area contributed by atoms with Gasteiger partial charge in [0.1, 0.15) is 5.82 Å². The predicted molar refractivity (Wildman–Crippen MR) is 87.8 cm³/mol. The minimum absolute atomic E-state index is 0.000289. The first kappa shape index (κ1) is 15.1. The van der Waals surface area contributed by atoms with Crippen LogP contribution in [0.25, 0.3) is 0 Å². The summed E-state index contributed by atoms with van der Waals surface area (Å²) in [5, 5.41) is 4.26. The summed E-state index contributed by atoms with van der Waals surface area (Å²) in [5.74, 6) is 1.68. The number of carbonyl (C=O) groups is 1. The topological polar surface area (TPSA) is 41.5 Å². The Kier molecular flexibility index (Phi) is 3.67. The highest BCUT2D eigenvalue weighted by Crippen LogP contribution is 2.60. The summed E-state index contributed by atoms with van der Waals surface area (Å²) in [5.41, 5.74) is 2.61. The number of nitrogens with zero attached hydrogens (tertiary/aromatic N) is 1. The molecule has 4 aliphatic carbocycles. The second-order valence-corrected chi connectivity index (χ2v) is 7.94. The van der Waals surface area contributed by atoms with Gasteiger partial charge < -0.3 is 0 Å². The van der Waals surface area contributed by atoms with E-state index in [0.717, 1.165) is 19.3 Å². The lowest BCUT2D eigenvalue weighted by atomic mass is 9.49. The van der Waals surface area contributed by atoms with Crippen LogP contribution in [0.1, 0.15) is 44.1 Å². The zero-order valence-corrected chi connectivity index (χ0v) is 13.7. The molecule has 0 saturated heterocycles. The van der Waals surface area contributed by atoms with E-state index < -0.39 is 5.82 Å². The van der Waals surface area contributed by atoms with Crippen LogP contribution in [-0.4, -0.2) is 12.1 Å². The molecule has 1 amide bonds. The fraction of sp³-hybridized carbons (Fsp3) is 0.556. The molecule has 0 unspecified atom stereocenters. The summed E-state index contributed by atoms with van der Waals surface area (Å²) in [7, 11) is 0. The molecule has 0 heterocycles. The fourth-order valence-corrected chi connectivity index (χ4v) is 5.51. The van der Waals surface area contributed by atoms with Crippen LogP contribution >= 0.6 is 11.6 Å². The third-order valence-corrected chi connectivity index (χ3v) is 6.21. The van der Waals surface area contributed by atoms with E-state index in [0.29, 0.717) is 17.8 Å². The monoisotopic (exact) mass is 334 g/mol. The van der Waals surface area contributed by atoms with Crippen molar-refractivity contribution in [1.82, 2.24) is 5.43 Å². The highest BCUT2D eigenvalue weighted by molar-refractivity contribution is 6.33. The maximum absolute atomic E-state index is 13.7. The molecule has 0 aliphatic heterocycles. The quantitative estimate of drug-likeness (QED) is 0.655. The minimum Gasteiger partial charge on any atom is -0.273 e. The van der Waals surface area contributed by atoms with Gasteiger partial charge >= 0.3 is 0 Å². The number of halogens is 2. The molecule has 23 heavy (non-hydrogen) atoms. The Morgan fingerprint density at radius 3 is 2.39 bits per heavy atom. The van der Waals surface area contributed by atoms with E-state index in [1.165, 1.54) is 31.5 Å². The highest BCUT2D eigenvalue weighted by Gasteiger charge is 2.54. The first-order chi connectivity index (χ1) is 11.1. The molecule has 5 heteroatoms. The molecule has 4 fully saturated rings.